The van der Waals surface area contributed by atoms with E-state index in [0.717, 1.165) is 35.6 Å². The molecule has 0 aliphatic heterocycles. The summed E-state index contributed by atoms with van der Waals surface area (Å²) in [6.45, 7) is 3.88. The molecule has 0 spiro atoms. The Morgan fingerprint density at radius 2 is 1.56 bits per heavy atom. The highest BCUT2D eigenvalue weighted by Crippen LogP contribution is 2.19. The van der Waals surface area contributed by atoms with Crippen molar-refractivity contribution in [3.05, 3.63) is 41.7 Å². The van der Waals surface area contributed by atoms with E-state index in [-0.39, 0.29) is 6.03 Å². The molecule has 2 amide bonds. The summed E-state index contributed by atoms with van der Waals surface area (Å²) in [5.74, 6) is 0.577. The largest absolute Gasteiger partial charge is 0.335 e. The fraction of sp³-hybridized carbons (Fsp3) is 0.421. The van der Waals surface area contributed by atoms with Gasteiger partial charge in [-0.3, -0.25) is 0 Å². The molecule has 1 aromatic heterocycles. The fourth-order valence-electron chi connectivity index (χ4n) is 3.15. The Bertz CT molecular complexity index is 703. The number of aryl methyl sites for hydroxylation is 2. The van der Waals surface area contributed by atoms with Gasteiger partial charge in [-0.2, -0.15) is 0 Å². The highest BCUT2D eigenvalue weighted by atomic mass is 16.2. The molecule has 3 N–H and O–H groups in total. The maximum atomic E-state index is 12.1. The number of amides is 2. The first-order chi connectivity index (χ1) is 12.1. The molecule has 1 fully saturated rings. The Kier molecular flexibility index (Phi) is 5.48. The minimum absolute atomic E-state index is 0.134. The van der Waals surface area contributed by atoms with Crippen molar-refractivity contribution >= 4 is 23.4 Å². The van der Waals surface area contributed by atoms with Crippen molar-refractivity contribution in [2.24, 2.45) is 0 Å². The van der Waals surface area contributed by atoms with Gasteiger partial charge in [0.2, 0.25) is 5.95 Å². The number of rotatable bonds is 4. The molecule has 132 valence electrons. The minimum atomic E-state index is -0.134. The van der Waals surface area contributed by atoms with Crippen molar-refractivity contribution in [3.63, 3.8) is 0 Å². The molecule has 0 atom stereocenters. The van der Waals surface area contributed by atoms with Gasteiger partial charge >= 0.3 is 6.03 Å². The Morgan fingerprint density at radius 1 is 0.960 bits per heavy atom. The molecule has 0 unspecified atom stereocenters. The third kappa shape index (κ3) is 5.17. The van der Waals surface area contributed by atoms with Gasteiger partial charge in [0.05, 0.1) is 0 Å². The van der Waals surface area contributed by atoms with E-state index in [4.69, 9.17) is 0 Å². The topological polar surface area (TPSA) is 78.9 Å². The molecule has 0 bridgehead atoms. The van der Waals surface area contributed by atoms with Crippen LogP contribution in [0.5, 0.6) is 0 Å². The summed E-state index contributed by atoms with van der Waals surface area (Å²) in [6, 6.07) is 9.63. The molecule has 1 aromatic carbocycles. The molecular formula is C19H25N5O. The summed E-state index contributed by atoms with van der Waals surface area (Å²) in [5.41, 5.74) is 3.49. The van der Waals surface area contributed by atoms with E-state index in [0.29, 0.717) is 12.0 Å². The molecule has 1 aliphatic carbocycles. The molecule has 3 rings (SSSR count). The monoisotopic (exact) mass is 339 g/mol. The fourth-order valence-corrected chi connectivity index (χ4v) is 3.15. The summed E-state index contributed by atoms with van der Waals surface area (Å²) in [5, 5.41) is 9.12. The Hall–Kier alpha value is -2.63. The van der Waals surface area contributed by atoms with E-state index in [1.165, 1.54) is 19.3 Å². The number of hydrogen-bond donors (Lipinski definition) is 3. The van der Waals surface area contributed by atoms with E-state index in [1.807, 2.05) is 44.2 Å². The number of nitrogens with one attached hydrogen (secondary N) is 3. The average Bonchev–Trinajstić information content (AvgIpc) is 2.56. The van der Waals surface area contributed by atoms with Crippen molar-refractivity contribution in [2.45, 2.75) is 52.0 Å². The van der Waals surface area contributed by atoms with Gasteiger partial charge < -0.3 is 16.0 Å². The number of nitrogens with zero attached hydrogens (tertiary/aromatic N) is 2. The first kappa shape index (κ1) is 17.2. The van der Waals surface area contributed by atoms with E-state index in [2.05, 4.69) is 25.9 Å². The van der Waals surface area contributed by atoms with Gasteiger partial charge in [-0.25, -0.2) is 14.8 Å². The van der Waals surface area contributed by atoms with Crippen LogP contribution in [0.1, 0.15) is 43.5 Å². The number of carbonyl (C=O) groups excluding carboxylic acids is 1. The highest BCUT2D eigenvalue weighted by Gasteiger charge is 2.15. The average molecular weight is 339 g/mol. The smallest absolute Gasteiger partial charge is 0.319 e. The van der Waals surface area contributed by atoms with Crippen molar-refractivity contribution < 1.29 is 4.79 Å². The molecule has 1 heterocycles. The molecule has 6 nitrogen and oxygen atoms in total. The first-order valence-electron chi connectivity index (χ1n) is 8.85. The van der Waals surface area contributed by atoms with E-state index in [1.54, 1.807) is 0 Å². The van der Waals surface area contributed by atoms with Gasteiger partial charge in [-0.05, 0) is 57.0 Å². The number of anilines is 3. The van der Waals surface area contributed by atoms with Crippen LogP contribution < -0.4 is 16.0 Å². The van der Waals surface area contributed by atoms with Crippen LogP contribution in [0.25, 0.3) is 0 Å². The zero-order valence-electron chi connectivity index (χ0n) is 14.8. The lowest BCUT2D eigenvalue weighted by molar-refractivity contribution is 0.244. The van der Waals surface area contributed by atoms with Crippen LogP contribution in [0.3, 0.4) is 0 Å². The minimum Gasteiger partial charge on any atom is -0.335 e. The van der Waals surface area contributed by atoms with Crippen LogP contribution in [0.15, 0.2) is 30.3 Å². The van der Waals surface area contributed by atoms with Gasteiger partial charge in [-0.15, -0.1) is 0 Å². The van der Waals surface area contributed by atoms with Gasteiger partial charge in [0.25, 0.3) is 0 Å². The van der Waals surface area contributed by atoms with E-state index >= 15 is 0 Å². The van der Waals surface area contributed by atoms with Gasteiger partial charge in [0.15, 0.2) is 0 Å². The van der Waals surface area contributed by atoms with Crippen LogP contribution in [0, 0.1) is 13.8 Å². The Morgan fingerprint density at radius 3 is 2.20 bits per heavy atom. The van der Waals surface area contributed by atoms with Crippen molar-refractivity contribution in [1.29, 1.82) is 0 Å². The van der Waals surface area contributed by atoms with Crippen molar-refractivity contribution in [3.8, 4) is 0 Å². The van der Waals surface area contributed by atoms with Crippen molar-refractivity contribution in [2.75, 3.05) is 10.6 Å². The van der Waals surface area contributed by atoms with E-state index < -0.39 is 0 Å². The normalized spacial score (nSPS) is 14.8. The van der Waals surface area contributed by atoms with Crippen LogP contribution >= 0.6 is 0 Å². The predicted octanol–water partition coefficient (Wildman–Crippen LogP) is 4.29. The molecule has 6 heteroatoms. The summed E-state index contributed by atoms with van der Waals surface area (Å²) in [7, 11) is 0. The number of carbonyl (C=O) groups is 1. The Balaban J connectivity index is 1.55. The predicted molar refractivity (Wildman–Crippen MR) is 100 cm³/mol. The molecule has 0 radical (unpaired) electrons. The number of hydrogen-bond acceptors (Lipinski definition) is 4. The summed E-state index contributed by atoms with van der Waals surface area (Å²) in [4.78, 5) is 20.8. The summed E-state index contributed by atoms with van der Waals surface area (Å²) >= 11 is 0. The quantitative estimate of drug-likeness (QED) is 0.776. The van der Waals surface area contributed by atoms with Gasteiger partial charge in [0.1, 0.15) is 0 Å². The van der Waals surface area contributed by atoms with Crippen LogP contribution in [-0.2, 0) is 0 Å². The summed E-state index contributed by atoms with van der Waals surface area (Å²) < 4.78 is 0. The van der Waals surface area contributed by atoms with Crippen LogP contribution in [0.2, 0.25) is 0 Å². The second kappa shape index (κ2) is 7.96. The second-order valence-corrected chi connectivity index (χ2v) is 6.61. The standard InChI is InChI=1S/C19H25N5O/c1-13-12-14(2)21-18(20-13)22-16-8-10-17(11-9-16)24-19(25)23-15-6-4-3-5-7-15/h8-12,15H,3-7H2,1-2H3,(H,20,21,22)(H2,23,24,25). The zero-order valence-corrected chi connectivity index (χ0v) is 14.8. The summed E-state index contributed by atoms with van der Waals surface area (Å²) in [6.07, 6.45) is 5.83. The van der Waals surface area contributed by atoms with Crippen molar-refractivity contribution in [1.82, 2.24) is 15.3 Å². The maximum Gasteiger partial charge on any atom is 0.319 e. The number of aromatic nitrogens is 2. The number of benzene rings is 1. The number of urea groups is 1. The van der Waals surface area contributed by atoms with Crippen LogP contribution in [0.4, 0.5) is 22.1 Å². The lowest BCUT2D eigenvalue weighted by Crippen LogP contribution is -2.38. The molecular weight excluding hydrogens is 314 g/mol. The molecule has 0 saturated heterocycles. The molecule has 25 heavy (non-hydrogen) atoms. The van der Waals surface area contributed by atoms with E-state index in [9.17, 15) is 4.79 Å². The Labute approximate surface area is 148 Å². The van der Waals surface area contributed by atoms with Crippen LogP contribution in [-0.4, -0.2) is 22.0 Å². The third-order valence-electron chi connectivity index (χ3n) is 4.32. The third-order valence-corrected chi connectivity index (χ3v) is 4.32. The SMILES string of the molecule is Cc1cc(C)nc(Nc2ccc(NC(=O)NC3CCCCC3)cc2)n1. The van der Waals surface area contributed by atoms with Gasteiger partial charge in [0, 0.05) is 28.8 Å². The first-order valence-corrected chi connectivity index (χ1v) is 8.85. The maximum absolute atomic E-state index is 12.1. The molecule has 2 aromatic rings. The molecule has 1 saturated carbocycles. The van der Waals surface area contributed by atoms with Gasteiger partial charge in [-0.1, -0.05) is 19.3 Å². The zero-order chi connectivity index (χ0) is 17.6. The lowest BCUT2D eigenvalue weighted by Gasteiger charge is -2.22. The highest BCUT2D eigenvalue weighted by molar-refractivity contribution is 5.89. The lowest BCUT2D eigenvalue weighted by atomic mass is 9.96. The second-order valence-electron chi connectivity index (χ2n) is 6.61. The molecule has 1 aliphatic rings.